The van der Waals surface area contributed by atoms with Gasteiger partial charge in [0.15, 0.2) is 6.61 Å². The fourth-order valence-electron chi connectivity index (χ4n) is 3.24. The van der Waals surface area contributed by atoms with Crippen LogP contribution in [-0.2, 0) is 11.2 Å². The molecule has 0 aromatic heterocycles. The second-order valence-electron chi connectivity index (χ2n) is 6.27. The van der Waals surface area contributed by atoms with Crippen LogP contribution >= 0.6 is 0 Å². The van der Waals surface area contributed by atoms with Crippen molar-refractivity contribution in [1.82, 2.24) is 4.90 Å². The highest BCUT2D eigenvalue weighted by molar-refractivity contribution is 5.95. The Kier molecular flexibility index (Phi) is 5.33. The van der Waals surface area contributed by atoms with Gasteiger partial charge in [-0.1, -0.05) is 36.4 Å². The molecule has 1 unspecified atom stereocenters. The first-order valence-electron chi connectivity index (χ1n) is 8.49. The molecule has 2 N–H and O–H groups in total. The molecule has 2 aromatic carbocycles. The molecule has 2 aromatic rings. The molecule has 0 saturated carbocycles. The van der Waals surface area contributed by atoms with Crippen molar-refractivity contribution in [1.29, 1.82) is 0 Å². The van der Waals surface area contributed by atoms with Crippen LogP contribution in [-0.4, -0.2) is 35.9 Å². The minimum atomic E-state index is -0.542. The molecule has 1 heterocycles. The first kappa shape index (κ1) is 17.0. The van der Waals surface area contributed by atoms with Gasteiger partial charge in [-0.2, -0.15) is 0 Å². The van der Waals surface area contributed by atoms with Crippen LogP contribution in [0.5, 0.6) is 5.75 Å². The number of nitrogens with two attached hydrogens (primary N) is 1. The molecule has 1 saturated heterocycles. The summed E-state index contributed by atoms with van der Waals surface area (Å²) in [4.78, 5) is 25.7. The predicted octanol–water partition coefficient (Wildman–Crippen LogP) is 2.40. The standard InChI is InChI=1S/C20H22N2O3/c21-19(23)14-25-18-10-4-8-16(13-18)20(24)22-11-5-9-17(22)12-15-6-2-1-3-7-15/h1-4,6-8,10,13,17H,5,9,11-12,14H2,(H2,21,23). The molecular weight excluding hydrogens is 316 g/mol. The van der Waals surface area contributed by atoms with Gasteiger partial charge < -0.3 is 15.4 Å². The normalized spacial score (nSPS) is 16.6. The Morgan fingerprint density at radius 2 is 1.92 bits per heavy atom. The number of carbonyl (C=O) groups excluding carboxylic acids is 2. The van der Waals surface area contributed by atoms with Crippen LogP contribution in [0, 0.1) is 0 Å². The van der Waals surface area contributed by atoms with Gasteiger partial charge in [0.25, 0.3) is 11.8 Å². The van der Waals surface area contributed by atoms with Crippen LogP contribution in [0.4, 0.5) is 0 Å². The topological polar surface area (TPSA) is 72.6 Å². The second kappa shape index (κ2) is 7.83. The van der Waals surface area contributed by atoms with Gasteiger partial charge in [0.2, 0.25) is 0 Å². The van der Waals surface area contributed by atoms with Gasteiger partial charge in [0.1, 0.15) is 5.75 Å². The molecule has 2 amide bonds. The van der Waals surface area contributed by atoms with E-state index in [4.69, 9.17) is 10.5 Å². The van der Waals surface area contributed by atoms with E-state index in [1.54, 1.807) is 24.3 Å². The summed E-state index contributed by atoms with van der Waals surface area (Å²) in [6.07, 6.45) is 2.89. The quantitative estimate of drug-likeness (QED) is 0.879. The minimum Gasteiger partial charge on any atom is -0.484 e. The summed E-state index contributed by atoms with van der Waals surface area (Å²) in [5.74, 6) is -0.0642. The number of amides is 2. The molecule has 0 aliphatic carbocycles. The molecule has 0 spiro atoms. The van der Waals surface area contributed by atoms with Gasteiger partial charge >= 0.3 is 0 Å². The number of ether oxygens (including phenoxy) is 1. The molecular formula is C20H22N2O3. The highest BCUT2D eigenvalue weighted by atomic mass is 16.5. The van der Waals surface area contributed by atoms with Gasteiger partial charge in [-0.15, -0.1) is 0 Å². The Bertz CT molecular complexity index is 746. The van der Waals surface area contributed by atoms with Gasteiger partial charge in [-0.25, -0.2) is 0 Å². The van der Waals surface area contributed by atoms with Crippen LogP contribution in [0.15, 0.2) is 54.6 Å². The van der Waals surface area contributed by atoms with Crippen molar-refractivity contribution in [3.8, 4) is 5.75 Å². The number of benzene rings is 2. The maximum atomic E-state index is 12.9. The summed E-state index contributed by atoms with van der Waals surface area (Å²) in [7, 11) is 0. The lowest BCUT2D eigenvalue weighted by molar-refractivity contribution is -0.119. The highest BCUT2D eigenvalue weighted by Crippen LogP contribution is 2.24. The molecule has 1 aliphatic rings. The third kappa shape index (κ3) is 4.38. The van der Waals surface area contributed by atoms with E-state index in [0.717, 1.165) is 25.8 Å². The molecule has 1 aliphatic heterocycles. The SMILES string of the molecule is NC(=O)COc1cccc(C(=O)N2CCCC2Cc2ccccc2)c1. The average Bonchev–Trinajstić information content (AvgIpc) is 3.08. The summed E-state index contributed by atoms with van der Waals surface area (Å²) in [6, 6.07) is 17.4. The minimum absolute atomic E-state index is 0.00274. The molecule has 1 fully saturated rings. The van der Waals surface area contributed by atoms with E-state index in [1.165, 1.54) is 5.56 Å². The smallest absolute Gasteiger partial charge is 0.255 e. The summed E-state index contributed by atoms with van der Waals surface area (Å²) in [6.45, 7) is 0.570. The molecule has 0 radical (unpaired) electrons. The van der Waals surface area contributed by atoms with Gasteiger partial charge in [0, 0.05) is 18.2 Å². The Morgan fingerprint density at radius 3 is 2.68 bits per heavy atom. The Balaban J connectivity index is 1.71. The monoisotopic (exact) mass is 338 g/mol. The van der Waals surface area contributed by atoms with E-state index in [0.29, 0.717) is 11.3 Å². The maximum absolute atomic E-state index is 12.9. The third-order valence-electron chi connectivity index (χ3n) is 4.41. The molecule has 3 rings (SSSR count). The average molecular weight is 338 g/mol. The van der Waals surface area contributed by atoms with E-state index in [1.807, 2.05) is 23.1 Å². The molecule has 5 nitrogen and oxygen atoms in total. The van der Waals surface area contributed by atoms with Gasteiger partial charge in [-0.3, -0.25) is 9.59 Å². The maximum Gasteiger partial charge on any atom is 0.255 e. The van der Waals surface area contributed by atoms with Crippen molar-refractivity contribution in [2.45, 2.75) is 25.3 Å². The lowest BCUT2D eigenvalue weighted by Gasteiger charge is -2.25. The fourth-order valence-corrected chi connectivity index (χ4v) is 3.24. The van der Waals surface area contributed by atoms with Crippen molar-refractivity contribution in [3.63, 3.8) is 0 Å². The highest BCUT2D eigenvalue weighted by Gasteiger charge is 2.29. The van der Waals surface area contributed by atoms with E-state index < -0.39 is 5.91 Å². The van der Waals surface area contributed by atoms with E-state index in [-0.39, 0.29) is 18.6 Å². The zero-order chi connectivity index (χ0) is 17.6. The van der Waals surface area contributed by atoms with Crippen molar-refractivity contribution in [2.75, 3.05) is 13.2 Å². The van der Waals surface area contributed by atoms with Crippen LogP contribution < -0.4 is 10.5 Å². The number of hydrogen-bond donors (Lipinski definition) is 1. The molecule has 5 heteroatoms. The van der Waals surface area contributed by atoms with Crippen molar-refractivity contribution in [2.24, 2.45) is 5.73 Å². The Labute approximate surface area is 147 Å². The first-order chi connectivity index (χ1) is 12.1. The molecule has 0 bridgehead atoms. The number of nitrogens with zero attached hydrogens (tertiary/aromatic N) is 1. The Hall–Kier alpha value is -2.82. The summed E-state index contributed by atoms with van der Waals surface area (Å²) in [5, 5.41) is 0. The number of primary amides is 1. The van der Waals surface area contributed by atoms with Crippen molar-refractivity contribution in [3.05, 3.63) is 65.7 Å². The summed E-state index contributed by atoms with van der Waals surface area (Å²) >= 11 is 0. The van der Waals surface area contributed by atoms with Gasteiger partial charge in [-0.05, 0) is 43.0 Å². The van der Waals surface area contributed by atoms with Crippen molar-refractivity contribution >= 4 is 11.8 Å². The van der Waals surface area contributed by atoms with Crippen LogP contribution in [0.2, 0.25) is 0 Å². The Morgan fingerprint density at radius 1 is 1.12 bits per heavy atom. The van der Waals surface area contributed by atoms with Crippen LogP contribution in [0.25, 0.3) is 0 Å². The summed E-state index contributed by atoms with van der Waals surface area (Å²) < 4.78 is 5.30. The predicted molar refractivity (Wildman–Crippen MR) is 95.3 cm³/mol. The largest absolute Gasteiger partial charge is 0.484 e. The van der Waals surface area contributed by atoms with E-state index in [2.05, 4.69) is 12.1 Å². The molecule has 130 valence electrons. The van der Waals surface area contributed by atoms with E-state index >= 15 is 0 Å². The zero-order valence-electron chi connectivity index (χ0n) is 14.1. The van der Waals surface area contributed by atoms with E-state index in [9.17, 15) is 9.59 Å². The van der Waals surface area contributed by atoms with Crippen LogP contribution in [0.3, 0.4) is 0 Å². The first-order valence-corrected chi connectivity index (χ1v) is 8.49. The van der Waals surface area contributed by atoms with Crippen LogP contribution in [0.1, 0.15) is 28.8 Å². The lowest BCUT2D eigenvalue weighted by atomic mass is 10.0. The summed E-state index contributed by atoms with van der Waals surface area (Å²) in [5.41, 5.74) is 6.90. The number of rotatable bonds is 6. The fraction of sp³-hybridized carbons (Fsp3) is 0.300. The number of likely N-dealkylation sites (tertiary alicyclic amines) is 1. The second-order valence-corrected chi connectivity index (χ2v) is 6.27. The zero-order valence-corrected chi connectivity index (χ0v) is 14.1. The van der Waals surface area contributed by atoms with Crippen molar-refractivity contribution < 1.29 is 14.3 Å². The number of carbonyl (C=O) groups is 2. The lowest BCUT2D eigenvalue weighted by Crippen LogP contribution is -2.36. The molecule has 25 heavy (non-hydrogen) atoms. The third-order valence-corrected chi connectivity index (χ3v) is 4.41. The number of hydrogen-bond acceptors (Lipinski definition) is 3. The molecule has 1 atom stereocenters. The van der Waals surface area contributed by atoms with Gasteiger partial charge in [0.05, 0.1) is 0 Å².